The summed E-state index contributed by atoms with van der Waals surface area (Å²) in [6.07, 6.45) is 1.52. The molecule has 98 valence electrons. The van der Waals surface area contributed by atoms with Gasteiger partial charge < -0.3 is 9.84 Å². The van der Waals surface area contributed by atoms with Crippen molar-refractivity contribution in [2.24, 2.45) is 0 Å². The van der Waals surface area contributed by atoms with Gasteiger partial charge in [-0.3, -0.25) is 0 Å². The van der Waals surface area contributed by atoms with Crippen LogP contribution in [-0.2, 0) is 11.3 Å². The van der Waals surface area contributed by atoms with Crippen LogP contribution in [0.1, 0.15) is 44.7 Å². The molecule has 1 N–H and O–H groups in total. The second-order valence-electron chi connectivity index (χ2n) is 4.87. The predicted molar refractivity (Wildman–Crippen MR) is 74.2 cm³/mol. The van der Waals surface area contributed by atoms with Crippen molar-refractivity contribution in [1.82, 2.24) is 0 Å². The summed E-state index contributed by atoms with van der Waals surface area (Å²) in [7, 11) is 0. The minimum absolute atomic E-state index is 0.0698. The first-order valence-electron chi connectivity index (χ1n) is 6.40. The van der Waals surface area contributed by atoms with Gasteiger partial charge in [0.2, 0.25) is 0 Å². The van der Waals surface area contributed by atoms with Gasteiger partial charge in [0.1, 0.15) is 0 Å². The van der Waals surface area contributed by atoms with Gasteiger partial charge in [0.15, 0.2) is 0 Å². The Balaban J connectivity index is 2.54. The van der Waals surface area contributed by atoms with Crippen molar-refractivity contribution < 1.29 is 9.84 Å². The van der Waals surface area contributed by atoms with Gasteiger partial charge in [-0.25, -0.2) is 0 Å². The van der Waals surface area contributed by atoms with E-state index in [9.17, 15) is 0 Å². The predicted octanol–water partition coefficient (Wildman–Crippen LogP) is 3.13. The molecule has 1 aromatic carbocycles. The summed E-state index contributed by atoms with van der Waals surface area (Å²) in [5.74, 6) is 5.91. The Morgan fingerprint density at radius 2 is 1.89 bits per heavy atom. The smallest absolute Gasteiger partial charge is 0.0724 e. The Kier molecular flexibility index (Phi) is 5.91. The van der Waals surface area contributed by atoms with E-state index in [1.807, 2.05) is 24.3 Å². The van der Waals surface area contributed by atoms with Crippen LogP contribution in [-0.4, -0.2) is 17.3 Å². The molecule has 0 aromatic heterocycles. The van der Waals surface area contributed by atoms with Gasteiger partial charge in [-0.15, -0.1) is 0 Å². The molecule has 0 spiro atoms. The Bertz CT molecular complexity index is 407. The van der Waals surface area contributed by atoms with Crippen molar-refractivity contribution in [3.05, 3.63) is 35.4 Å². The lowest BCUT2D eigenvalue weighted by atomic mass is 10.1. The maximum absolute atomic E-state index is 8.64. The Labute approximate surface area is 110 Å². The molecule has 2 heteroatoms. The quantitative estimate of drug-likeness (QED) is 0.809. The van der Waals surface area contributed by atoms with Crippen molar-refractivity contribution in [2.75, 3.05) is 6.61 Å². The van der Waals surface area contributed by atoms with E-state index < -0.39 is 0 Å². The van der Waals surface area contributed by atoms with Crippen LogP contribution < -0.4 is 0 Å². The van der Waals surface area contributed by atoms with E-state index in [0.29, 0.717) is 13.0 Å². The highest BCUT2D eigenvalue weighted by atomic mass is 16.5. The summed E-state index contributed by atoms with van der Waals surface area (Å²) in [6.45, 7) is 7.07. The second-order valence-corrected chi connectivity index (χ2v) is 4.87. The fourth-order valence-corrected chi connectivity index (χ4v) is 1.29. The molecule has 0 unspecified atom stereocenters. The molecule has 0 aliphatic carbocycles. The third kappa shape index (κ3) is 5.35. The lowest BCUT2D eigenvalue weighted by Crippen LogP contribution is -2.22. The summed E-state index contributed by atoms with van der Waals surface area (Å²) in [5, 5.41) is 8.64. The molecule has 0 saturated heterocycles. The van der Waals surface area contributed by atoms with E-state index in [1.165, 1.54) is 0 Å². The molecule has 0 aliphatic heterocycles. The molecule has 0 bridgehead atoms. The van der Waals surface area contributed by atoms with E-state index in [-0.39, 0.29) is 12.2 Å². The van der Waals surface area contributed by atoms with Gasteiger partial charge in [-0.2, -0.15) is 0 Å². The second kappa shape index (κ2) is 7.20. The molecule has 0 aliphatic rings. The lowest BCUT2D eigenvalue weighted by molar-refractivity contribution is -0.0316. The molecule has 0 heterocycles. The highest BCUT2D eigenvalue weighted by Gasteiger charge is 2.14. The summed E-state index contributed by atoms with van der Waals surface area (Å²) in [5.41, 5.74) is 2.06. The van der Waals surface area contributed by atoms with E-state index >= 15 is 0 Å². The molecule has 0 fully saturated rings. The SMILES string of the molecule is CCC(C)(C)OCc1ccc(C#CCCO)cc1. The van der Waals surface area contributed by atoms with Crippen LogP contribution in [0.25, 0.3) is 0 Å². The average molecular weight is 246 g/mol. The molecule has 18 heavy (non-hydrogen) atoms. The van der Waals surface area contributed by atoms with Crippen LogP contribution >= 0.6 is 0 Å². The first-order valence-corrected chi connectivity index (χ1v) is 6.40. The first-order chi connectivity index (χ1) is 8.57. The van der Waals surface area contributed by atoms with Gasteiger partial charge in [0, 0.05) is 12.0 Å². The molecule has 0 radical (unpaired) electrons. The summed E-state index contributed by atoms with van der Waals surface area (Å²) in [4.78, 5) is 0. The van der Waals surface area contributed by atoms with Crippen LogP contribution in [0.4, 0.5) is 0 Å². The number of hydrogen-bond acceptors (Lipinski definition) is 2. The highest BCUT2D eigenvalue weighted by Crippen LogP contribution is 2.16. The lowest BCUT2D eigenvalue weighted by Gasteiger charge is -2.23. The molecule has 2 nitrogen and oxygen atoms in total. The van der Waals surface area contributed by atoms with E-state index in [0.717, 1.165) is 17.5 Å². The number of aliphatic hydroxyl groups excluding tert-OH is 1. The summed E-state index contributed by atoms with van der Waals surface area (Å²) >= 11 is 0. The zero-order valence-corrected chi connectivity index (χ0v) is 11.5. The Morgan fingerprint density at radius 1 is 1.22 bits per heavy atom. The number of benzene rings is 1. The molecule has 1 aromatic rings. The Morgan fingerprint density at radius 3 is 2.44 bits per heavy atom. The van der Waals surface area contributed by atoms with Gasteiger partial charge in [-0.05, 0) is 38.0 Å². The van der Waals surface area contributed by atoms with Crippen LogP contribution in [0.15, 0.2) is 24.3 Å². The Hall–Kier alpha value is -1.30. The zero-order chi connectivity index (χ0) is 13.4. The maximum atomic E-state index is 8.64. The molecule has 0 atom stereocenters. The highest BCUT2D eigenvalue weighted by molar-refractivity contribution is 5.35. The summed E-state index contributed by atoms with van der Waals surface area (Å²) in [6, 6.07) is 8.05. The molecule has 0 amide bonds. The van der Waals surface area contributed by atoms with Crippen molar-refractivity contribution in [3.8, 4) is 11.8 Å². The van der Waals surface area contributed by atoms with E-state index in [2.05, 4.69) is 32.6 Å². The van der Waals surface area contributed by atoms with Gasteiger partial charge in [0.05, 0.1) is 18.8 Å². The summed E-state index contributed by atoms with van der Waals surface area (Å²) < 4.78 is 5.83. The van der Waals surface area contributed by atoms with Crippen molar-refractivity contribution in [2.45, 2.75) is 45.8 Å². The molecular weight excluding hydrogens is 224 g/mol. The average Bonchev–Trinajstić information content (AvgIpc) is 2.38. The van der Waals surface area contributed by atoms with Gasteiger partial charge in [0.25, 0.3) is 0 Å². The largest absolute Gasteiger partial charge is 0.395 e. The third-order valence-electron chi connectivity index (χ3n) is 2.90. The standard InChI is InChI=1S/C16H22O2/c1-4-16(2,3)18-13-15-10-8-14(9-11-15)7-5-6-12-17/h8-11,17H,4,6,12-13H2,1-3H3. The number of rotatable bonds is 5. The third-order valence-corrected chi connectivity index (χ3v) is 2.90. The van der Waals surface area contributed by atoms with E-state index in [4.69, 9.17) is 9.84 Å². The van der Waals surface area contributed by atoms with Crippen LogP contribution in [0, 0.1) is 11.8 Å². The topological polar surface area (TPSA) is 29.5 Å². The van der Waals surface area contributed by atoms with Crippen molar-refractivity contribution in [3.63, 3.8) is 0 Å². The zero-order valence-electron chi connectivity index (χ0n) is 11.5. The fraction of sp³-hybridized carbons (Fsp3) is 0.500. The number of hydrogen-bond donors (Lipinski definition) is 1. The minimum atomic E-state index is -0.0698. The van der Waals surface area contributed by atoms with Crippen molar-refractivity contribution in [1.29, 1.82) is 0 Å². The van der Waals surface area contributed by atoms with Crippen molar-refractivity contribution >= 4 is 0 Å². The fourth-order valence-electron chi connectivity index (χ4n) is 1.29. The van der Waals surface area contributed by atoms with Gasteiger partial charge >= 0.3 is 0 Å². The molecule has 0 saturated carbocycles. The van der Waals surface area contributed by atoms with Crippen LogP contribution in [0.3, 0.4) is 0 Å². The van der Waals surface area contributed by atoms with Crippen LogP contribution in [0.5, 0.6) is 0 Å². The number of aliphatic hydroxyl groups is 1. The normalized spacial score (nSPS) is 10.9. The van der Waals surface area contributed by atoms with Crippen LogP contribution in [0.2, 0.25) is 0 Å². The molecule has 1 rings (SSSR count). The minimum Gasteiger partial charge on any atom is -0.395 e. The van der Waals surface area contributed by atoms with E-state index in [1.54, 1.807) is 0 Å². The number of ether oxygens (including phenoxy) is 1. The first kappa shape index (κ1) is 14.8. The van der Waals surface area contributed by atoms with Gasteiger partial charge in [-0.1, -0.05) is 30.9 Å². The molecular formula is C16H22O2. The maximum Gasteiger partial charge on any atom is 0.0724 e. The monoisotopic (exact) mass is 246 g/mol.